The van der Waals surface area contributed by atoms with Crippen LogP contribution in [0.1, 0.15) is 17.2 Å². The second-order valence-corrected chi connectivity index (χ2v) is 6.58. The van der Waals surface area contributed by atoms with E-state index >= 15 is 0 Å². The van der Waals surface area contributed by atoms with Gasteiger partial charge in [0.1, 0.15) is 17.7 Å². The van der Waals surface area contributed by atoms with Gasteiger partial charge in [0.2, 0.25) is 0 Å². The van der Waals surface area contributed by atoms with Gasteiger partial charge in [-0.15, -0.1) is 0 Å². The van der Waals surface area contributed by atoms with Gasteiger partial charge in [0.05, 0.1) is 25.2 Å². The van der Waals surface area contributed by atoms with Crippen LogP contribution >= 0.6 is 11.6 Å². The summed E-state index contributed by atoms with van der Waals surface area (Å²) in [5.41, 5.74) is 5.91. The highest BCUT2D eigenvalue weighted by molar-refractivity contribution is 6.30. The Balaban J connectivity index is 2.51. The minimum Gasteiger partial charge on any atom is -0.497 e. The number of hydrogen-bond acceptors (Lipinski definition) is 5. The van der Waals surface area contributed by atoms with Crippen molar-refractivity contribution >= 4 is 23.6 Å². The molecule has 0 aliphatic rings. The van der Waals surface area contributed by atoms with Crippen molar-refractivity contribution in [3.8, 4) is 5.75 Å². The first-order valence-electron chi connectivity index (χ1n) is 8.63. The number of carbonyl (C=O) groups excluding carboxylic acids is 2. The predicted octanol–water partition coefficient (Wildman–Crippen LogP) is 3.50. The van der Waals surface area contributed by atoms with Crippen molar-refractivity contribution in [3.05, 3.63) is 64.4 Å². The lowest BCUT2D eigenvalue weighted by Gasteiger charge is -2.29. The second-order valence-electron chi connectivity index (χ2n) is 6.17. The van der Waals surface area contributed by atoms with Crippen LogP contribution in [-0.4, -0.2) is 38.3 Å². The van der Waals surface area contributed by atoms with Crippen LogP contribution in [0.2, 0.25) is 5.02 Å². The van der Waals surface area contributed by atoms with Gasteiger partial charge in [-0.1, -0.05) is 35.9 Å². The van der Waals surface area contributed by atoms with E-state index in [1.807, 2.05) is 0 Å². The first-order valence-corrected chi connectivity index (χ1v) is 9.00. The van der Waals surface area contributed by atoms with Crippen LogP contribution in [0.15, 0.2) is 42.5 Å². The van der Waals surface area contributed by atoms with E-state index in [0.29, 0.717) is 11.3 Å². The van der Waals surface area contributed by atoms with E-state index in [4.69, 9.17) is 31.6 Å². The summed E-state index contributed by atoms with van der Waals surface area (Å²) in [7, 11) is 4.22. The quantitative estimate of drug-likeness (QED) is 0.655. The van der Waals surface area contributed by atoms with E-state index in [9.17, 15) is 14.0 Å². The summed E-state index contributed by atoms with van der Waals surface area (Å²) in [5.74, 6) is -1.65. The van der Waals surface area contributed by atoms with E-state index in [1.165, 1.54) is 33.4 Å². The molecule has 0 saturated carbocycles. The van der Waals surface area contributed by atoms with Crippen molar-refractivity contribution in [3.63, 3.8) is 0 Å². The molecule has 2 unspecified atom stereocenters. The van der Waals surface area contributed by atoms with Gasteiger partial charge in [0, 0.05) is 7.05 Å². The average Bonchev–Trinajstić information content (AvgIpc) is 2.72. The molecule has 0 aliphatic carbocycles. The third-order valence-electron chi connectivity index (χ3n) is 4.43. The molecule has 2 amide bonds. The fraction of sp³-hybridized carbons (Fsp3) is 0.300. The molecule has 2 aromatic carbocycles. The highest BCUT2D eigenvalue weighted by Gasteiger charge is 2.35. The molecule has 0 aromatic heterocycles. The van der Waals surface area contributed by atoms with Crippen molar-refractivity contribution in [1.82, 2.24) is 5.06 Å². The maximum absolute atomic E-state index is 14.5. The van der Waals surface area contributed by atoms with Gasteiger partial charge in [-0.05, 0) is 35.7 Å². The molecule has 7 nitrogen and oxygen atoms in total. The topological polar surface area (TPSA) is 91.1 Å². The first-order chi connectivity index (χ1) is 13.8. The van der Waals surface area contributed by atoms with Crippen LogP contribution in [0.3, 0.4) is 0 Å². The van der Waals surface area contributed by atoms with Crippen LogP contribution in [0.25, 0.3) is 0 Å². The molecule has 29 heavy (non-hydrogen) atoms. The third kappa shape index (κ3) is 5.58. The van der Waals surface area contributed by atoms with Gasteiger partial charge in [-0.2, -0.15) is 0 Å². The fourth-order valence-electron chi connectivity index (χ4n) is 2.89. The van der Waals surface area contributed by atoms with Crippen LogP contribution in [-0.2, 0) is 20.8 Å². The third-order valence-corrected chi connectivity index (χ3v) is 4.72. The number of nitrogens with zero attached hydrogens (tertiary/aromatic N) is 1. The maximum Gasteiger partial charge on any atom is 0.405 e. The molecule has 2 atom stereocenters. The second kappa shape index (κ2) is 10.1. The van der Waals surface area contributed by atoms with Gasteiger partial charge in [-0.25, -0.2) is 14.2 Å². The molecule has 0 spiro atoms. The van der Waals surface area contributed by atoms with Crippen LogP contribution in [0, 0.1) is 11.7 Å². The largest absolute Gasteiger partial charge is 0.497 e. The van der Waals surface area contributed by atoms with Crippen molar-refractivity contribution in [2.75, 3.05) is 21.3 Å². The summed E-state index contributed by atoms with van der Waals surface area (Å²) in [6.07, 6.45) is -2.28. The Hall–Kier alpha value is -2.84. The Bertz CT molecular complexity index is 862. The van der Waals surface area contributed by atoms with Crippen molar-refractivity contribution in [2.45, 2.75) is 12.5 Å². The van der Waals surface area contributed by atoms with Crippen molar-refractivity contribution in [2.24, 2.45) is 11.7 Å². The summed E-state index contributed by atoms with van der Waals surface area (Å²) in [6, 6.07) is 11.0. The molecule has 9 heteroatoms. The molecule has 0 heterocycles. The Labute approximate surface area is 173 Å². The number of methoxy groups -OCH3 is 1. The van der Waals surface area contributed by atoms with Gasteiger partial charge in [-0.3, -0.25) is 9.63 Å². The number of amides is 2. The normalized spacial score (nSPS) is 12.7. The number of hydroxylamine groups is 2. The van der Waals surface area contributed by atoms with Crippen molar-refractivity contribution in [1.29, 1.82) is 0 Å². The lowest BCUT2D eigenvalue weighted by atomic mass is 9.88. The molecule has 0 radical (unpaired) electrons. The zero-order chi connectivity index (χ0) is 21.6. The van der Waals surface area contributed by atoms with E-state index in [1.54, 1.807) is 30.3 Å². The average molecular weight is 425 g/mol. The lowest BCUT2D eigenvalue weighted by molar-refractivity contribution is -0.177. The molecule has 156 valence electrons. The molecule has 2 N–H and O–H groups in total. The first kappa shape index (κ1) is 22.4. The number of halogens is 2. The van der Waals surface area contributed by atoms with Gasteiger partial charge in [0.15, 0.2) is 0 Å². The Morgan fingerprint density at radius 2 is 1.83 bits per heavy atom. The number of benzene rings is 2. The summed E-state index contributed by atoms with van der Waals surface area (Å²) in [4.78, 5) is 29.5. The van der Waals surface area contributed by atoms with Crippen LogP contribution in [0.4, 0.5) is 9.18 Å². The number of primary amides is 1. The molecule has 0 aliphatic heterocycles. The van der Waals surface area contributed by atoms with E-state index < -0.39 is 29.8 Å². The van der Waals surface area contributed by atoms with Gasteiger partial charge in [0.25, 0.3) is 5.91 Å². The highest BCUT2D eigenvalue weighted by Crippen LogP contribution is 2.33. The van der Waals surface area contributed by atoms with Crippen LogP contribution < -0.4 is 10.5 Å². The fourth-order valence-corrected chi connectivity index (χ4v) is 3.09. The molecular weight excluding hydrogens is 403 g/mol. The number of nitrogens with two attached hydrogens (primary N) is 1. The molecule has 0 fully saturated rings. The number of carbonyl (C=O) groups is 2. The molecule has 2 rings (SSSR count). The zero-order valence-corrected chi connectivity index (χ0v) is 17.0. The minimum absolute atomic E-state index is 0.0781. The predicted molar refractivity (Wildman–Crippen MR) is 105 cm³/mol. The molecule has 2 aromatic rings. The Morgan fingerprint density at radius 1 is 1.17 bits per heavy atom. The molecule has 0 bridgehead atoms. The van der Waals surface area contributed by atoms with Crippen molar-refractivity contribution < 1.29 is 28.3 Å². The van der Waals surface area contributed by atoms with E-state index in [2.05, 4.69) is 0 Å². The Kier molecular flexibility index (Phi) is 7.81. The number of hydrogen-bond donors (Lipinski definition) is 1. The zero-order valence-electron chi connectivity index (χ0n) is 16.2. The Morgan fingerprint density at radius 3 is 2.38 bits per heavy atom. The number of rotatable bonds is 8. The SMILES string of the molecule is COc1ccc(C(OC(N)=O)C(Cc2cccc(Cl)c2F)C(=O)N(C)OC)cc1. The van der Waals surface area contributed by atoms with E-state index in [0.717, 1.165) is 5.06 Å². The van der Waals surface area contributed by atoms with Gasteiger partial charge >= 0.3 is 6.09 Å². The smallest absolute Gasteiger partial charge is 0.405 e. The minimum atomic E-state index is -1.10. The van der Waals surface area contributed by atoms with Gasteiger partial charge < -0.3 is 15.2 Å². The van der Waals surface area contributed by atoms with Crippen LogP contribution in [0.5, 0.6) is 5.75 Å². The summed E-state index contributed by atoms with van der Waals surface area (Å²) >= 11 is 5.87. The highest BCUT2D eigenvalue weighted by atomic mass is 35.5. The summed E-state index contributed by atoms with van der Waals surface area (Å²) in [6.45, 7) is 0. The van der Waals surface area contributed by atoms with E-state index in [-0.39, 0.29) is 17.0 Å². The standard InChI is InChI=1S/C20H22ClFN2O5/c1-24(28-3)19(25)15(11-13-5-4-6-16(21)17(13)22)18(29-20(23)26)12-7-9-14(27-2)10-8-12/h4-10,15,18H,11H2,1-3H3,(H2,23,26). The summed E-state index contributed by atoms with van der Waals surface area (Å²) < 4.78 is 24.9. The number of ether oxygens (including phenoxy) is 2. The monoisotopic (exact) mass is 424 g/mol. The lowest BCUT2D eigenvalue weighted by Crippen LogP contribution is -2.38. The molecular formula is C20H22ClFN2O5. The molecule has 0 saturated heterocycles. The summed E-state index contributed by atoms with van der Waals surface area (Å²) in [5, 5.41) is 0.902. The maximum atomic E-state index is 14.5.